The fourth-order valence-corrected chi connectivity index (χ4v) is 2.85. The number of benzene rings is 1. The monoisotopic (exact) mass is 383 g/mol. The molecule has 0 fully saturated rings. The maximum atomic E-state index is 12.7. The van der Waals surface area contributed by atoms with Crippen molar-refractivity contribution in [3.05, 3.63) is 65.1 Å². The number of amides is 1. The molecule has 27 heavy (non-hydrogen) atoms. The fourth-order valence-electron chi connectivity index (χ4n) is 2.67. The number of carbonyl (C=O) groups excluding carboxylic acids is 2. The van der Waals surface area contributed by atoms with Gasteiger partial charge in [-0.05, 0) is 37.6 Å². The molecule has 0 bridgehead atoms. The molecule has 3 rings (SSSR count). The number of nitrogens with zero attached hydrogens (tertiary/aromatic N) is 2. The van der Waals surface area contributed by atoms with Crippen molar-refractivity contribution in [2.45, 2.75) is 26.4 Å². The second kappa shape index (κ2) is 8.14. The zero-order chi connectivity index (χ0) is 19.4. The summed E-state index contributed by atoms with van der Waals surface area (Å²) in [5.41, 5.74) is 2.43. The van der Waals surface area contributed by atoms with Gasteiger partial charge in [0.15, 0.2) is 6.10 Å². The zero-order valence-corrected chi connectivity index (χ0v) is 15.7. The normalized spacial score (nSPS) is 11.8. The summed E-state index contributed by atoms with van der Waals surface area (Å²) in [7, 11) is 0. The lowest BCUT2D eigenvalue weighted by atomic mass is 10.1. The molecule has 0 aliphatic rings. The van der Waals surface area contributed by atoms with Gasteiger partial charge < -0.3 is 10.1 Å². The Morgan fingerprint density at radius 2 is 2.00 bits per heavy atom. The highest BCUT2D eigenvalue weighted by atomic mass is 35.5. The number of anilines is 1. The summed E-state index contributed by atoms with van der Waals surface area (Å²) in [4.78, 5) is 33.2. The molecule has 1 unspecified atom stereocenters. The van der Waals surface area contributed by atoms with E-state index in [9.17, 15) is 9.59 Å². The average Bonchev–Trinajstić information content (AvgIpc) is 2.65. The van der Waals surface area contributed by atoms with Crippen molar-refractivity contribution in [1.82, 2.24) is 9.97 Å². The number of hydrogen-bond donors (Lipinski definition) is 1. The number of halogens is 1. The van der Waals surface area contributed by atoms with Crippen molar-refractivity contribution in [3.8, 4) is 0 Å². The molecule has 0 aliphatic carbocycles. The van der Waals surface area contributed by atoms with Crippen LogP contribution in [0.4, 0.5) is 5.69 Å². The van der Waals surface area contributed by atoms with Gasteiger partial charge in [0.25, 0.3) is 5.91 Å². The molecule has 0 radical (unpaired) electrons. The largest absolute Gasteiger partial charge is 0.449 e. The molecular formula is C20H18ClN3O3. The molecular weight excluding hydrogens is 366 g/mol. The van der Waals surface area contributed by atoms with Crippen LogP contribution >= 0.6 is 11.6 Å². The van der Waals surface area contributed by atoms with Crippen molar-refractivity contribution >= 4 is 40.1 Å². The molecule has 0 aliphatic heterocycles. The SMILES string of the molecule is CCC(OC(=O)c1ccnc(Cl)c1)C(=O)Nc1cc(C)nc2ccccc12. The maximum absolute atomic E-state index is 12.7. The van der Waals surface area contributed by atoms with E-state index in [-0.39, 0.29) is 10.7 Å². The van der Waals surface area contributed by atoms with Gasteiger partial charge in [-0.15, -0.1) is 0 Å². The molecule has 1 atom stereocenters. The quantitative estimate of drug-likeness (QED) is 0.528. The number of nitrogens with one attached hydrogen (secondary N) is 1. The molecule has 7 heteroatoms. The van der Waals surface area contributed by atoms with Crippen molar-refractivity contribution in [3.63, 3.8) is 0 Å². The molecule has 3 aromatic rings. The molecule has 0 spiro atoms. The first-order valence-electron chi connectivity index (χ1n) is 8.47. The number of carbonyl (C=O) groups is 2. The number of para-hydroxylation sites is 1. The number of rotatable bonds is 5. The third-order valence-electron chi connectivity index (χ3n) is 3.98. The second-order valence-corrected chi connectivity index (χ2v) is 6.37. The van der Waals surface area contributed by atoms with Crippen LogP contribution in [0.2, 0.25) is 5.15 Å². The van der Waals surface area contributed by atoms with Gasteiger partial charge in [-0.3, -0.25) is 9.78 Å². The first-order valence-corrected chi connectivity index (χ1v) is 8.85. The van der Waals surface area contributed by atoms with Crippen molar-refractivity contribution < 1.29 is 14.3 Å². The van der Waals surface area contributed by atoms with E-state index in [2.05, 4.69) is 15.3 Å². The van der Waals surface area contributed by atoms with Crippen LogP contribution in [0, 0.1) is 6.92 Å². The van der Waals surface area contributed by atoms with E-state index in [0.717, 1.165) is 16.6 Å². The van der Waals surface area contributed by atoms with Crippen molar-refractivity contribution in [2.75, 3.05) is 5.32 Å². The van der Waals surface area contributed by atoms with Crippen LogP contribution < -0.4 is 5.32 Å². The highest BCUT2D eigenvalue weighted by Crippen LogP contribution is 2.23. The summed E-state index contributed by atoms with van der Waals surface area (Å²) < 4.78 is 5.36. The molecule has 0 saturated carbocycles. The van der Waals surface area contributed by atoms with E-state index in [1.165, 1.54) is 18.3 Å². The minimum atomic E-state index is -0.934. The maximum Gasteiger partial charge on any atom is 0.339 e. The number of aryl methyl sites for hydroxylation is 1. The van der Waals surface area contributed by atoms with Gasteiger partial charge >= 0.3 is 5.97 Å². The summed E-state index contributed by atoms with van der Waals surface area (Å²) in [5.74, 6) is -1.03. The number of hydrogen-bond acceptors (Lipinski definition) is 5. The Morgan fingerprint density at radius 3 is 2.74 bits per heavy atom. The van der Waals surface area contributed by atoms with Crippen LogP contribution in [0.25, 0.3) is 10.9 Å². The number of aromatic nitrogens is 2. The third-order valence-corrected chi connectivity index (χ3v) is 4.18. The number of pyridine rings is 2. The summed E-state index contributed by atoms with van der Waals surface area (Å²) in [6, 6.07) is 12.2. The zero-order valence-electron chi connectivity index (χ0n) is 14.9. The minimum Gasteiger partial charge on any atom is -0.449 e. The van der Waals surface area contributed by atoms with Crippen LogP contribution in [0.3, 0.4) is 0 Å². The van der Waals surface area contributed by atoms with Gasteiger partial charge in [0.2, 0.25) is 0 Å². The van der Waals surface area contributed by atoms with Crippen LogP contribution in [-0.2, 0) is 9.53 Å². The molecule has 1 aromatic carbocycles. The fraction of sp³-hybridized carbons (Fsp3) is 0.200. The topological polar surface area (TPSA) is 81.2 Å². The summed E-state index contributed by atoms with van der Waals surface area (Å²) in [5, 5.41) is 3.85. The van der Waals surface area contributed by atoms with E-state index in [4.69, 9.17) is 16.3 Å². The van der Waals surface area contributed by atoms with Gasteiger partial charge in [0.1, 0.15) is 5.15 Å². The lowest BCUT2D eigenvalue weighted by molar-refractivity contribution is -0.124. The Labute approximate surface area is 161 Å². The van der Waals surface area contributed by atoms with Crippen molar-refractivity contribution in [2.24, 2.45) is 0 Å². The van der Waals surface area contributed by atoms with E-state index in [0.29, 0.717) is 12.1 Å². The Kier molecular flexibility index (Phi) is 5.66. The van der Waals surface area contributed by atoms with Gasteiger partial charge in [-0.2, -0.15) is 0 Å². The molecule has 138 valence electrons. The Hall–Kier alpha value is -2.99. The molecule has 1 amide bonds. The van der Waals surface area contributed by atoms with Gasteiger partial charge in [-0.25, -0.2) is 9.78 Å². The summed E-state index contributed by atoms with van der Waals surface area (Å²) >= 11 is 5.80. The number of fused-ring (bicyclic) bond motifs is 1. The molecule has 2 heterocycles. The Balaban J connectivity index is 1.79. The third kappa shape index (κ3) is 4.41. The predicted octanol–water partition coefficient (Wildman–Crippen LogP) is 4.17. The molecule has 1 N–H and O–H groups in total. The number of ether oxygens (including phenoxy) is 1. The standard InChI is InChI=1S/C20H18ClN3O3/c1-3-17(27-20(26)13-8-9-22-18(21)11-13)19(25)24-16-10-12(2)23-15-7-5-4-6-14(15)16/h4-11,17H,3H2,1-2H3,(H,23,24,25). The van der Waals surface area contributed by atoms with Crippen LogP contribution in [0.15, 0.2) is 48.7 Å². The smallest absolute Gasteiger partial charge is 0.339 e. The summed E-state index contributed by atoms with van der Waals surface area (Å²) in [6.07, 6.45) is 0.807. The molecule has 6 nitrogen and oxygen atoms in total. The number of esters is 1. The first kappa shape index (κ1) is 18.8. The van der Waals surface area contributed by atoms with E-state index in [1.54, 1.807) is 13.0 Å². The van der Waals surface area contributed by atoms with Crippen LogP contribution in [0.5, 0.6) is 0 Å². The Morgan fingerprint density at radius 1 is 1.22 bits per heavy atom. The highest BCUT2D eigenvalue weighted by Gasteiger charge is 2.23. The van der Waals surface area contributed by atoms with Crippen LogP contribution in [-0.4, -0.2) is 27.9 Å². The van der Waals surface area contributed by atoms with E-state index in [1.807, 2.05) is 31.2 Å². The molecule has 0 saturated heterocycles. The van der Waals surface area contributed by atoms with Gasteiger partial charge in [0.05, 0.1) is 16.8 Å². The first-order chi connectivity index (χ1) is 13.0. The second-order valence-electron chi connectivity index (χ2n) is 5.99. The predicted molar refractivity (Wildman–Crippen MR) is 104 cm³/mol. The van der Waals surface area contributed by atoms with E-state index < -0.39 is 18.0 Å². The van der Waals surface area contributed by atoms with Crippen LogP contribution in [0.1, 0.15) is 29.4 Å². The lowest BCUT2D eigenvalue weighted by Gasteiger charge is -2.17. The average molecular weight is 384 g/mol. The molecule has 2 aromatic heterocycles. The summed E-state index contributed by atoms with van der Waals surface area (Å²) in [6.45, 7) is 3.62. The van der Waals surface area contributed by atoms with Gasteiger partial charge in [-0.1, -0.05) is 36.7 Å². The van der Waals surface area contributed by atoms with Gasteiger partial charge in [0, 0.05) is 17.3 Å². The highest BCUT2D eigenvalue weighted by molar-refractivity contribution is 6.29. The van der Waals surface area contributed by atoms with Crippen molar-refractivity contribution in [1.29, 1.82) is 0 Å². The minimum absolute atomic E-state index is 0.181. The lowest BCUT2D eigenvalue weighted by Crippen LogP contribution is -2.32. The Bertz CT molecular complexity index is 1010. The van der Waals surface area contributed by atoms with E-state index >= 15 is 0 Å².